The van der Waals surface area contributed by atoms with Crippen molar-refractivity contribution in [2.75, 3.05) is 24.5 Å². The van der Waals surface area contributed by atoms with E-state index in [2.05, 4.69) is 31.1 Å². The second-order valence-electron chi connectivity index (χ2n) is 8.21. The minimum absolute atomic E-state index is 0.164. The third-order valence-corrected chi connectivity index (χ3v) is 5.88. The van der Waals surface area contributed by atoms with E-state index in [0.717, 1.165) is 11.0 Å². The Labute approximate surface area is 191 Å². The quantitative estimate of drug-likeness (QED) is 0.694. The van der Waals surface area contributed by atoms with Crippen LogP contribution in [0.5, 0.6) is 0 Å². The van der Waals surface area contributed by atoms with Crippen molar-refractivity contribution in [3.63, 3.8) is 0 Å². The van der Waals surface area contributed by atoms with Crippen molar-refractivity contribution in [3.05, 3.63) is 58.5 Å². The van der Waals surface area contributed by atoms with E-state index in [9.17, 15) is 18.8 Å². The molecule has 1 aromatic heterocycles. The standard InChI is InChI=1S/C23H26ClFN4O3/c1-14(2)15(3)12-27-21(30)16-5-8-20(26-13-16)28-9-4-10-29(23(28)32)22(31)18-7-6-17(24)11-19(18)25/h5-8,11,13-15H,4,9-10,12H2,1-3H3,(H,27,30). The molecule has 32 heavy (non-hydrogen) atoms. The van der Waals surface area contributed by atoms with Crippen LogP contribution in [-0.2, 0) is 0 Å². The molecular weight excluding hydrogens is 435 g/mol. The monoisotopic (exact) mass is 460 g/mol. The van der Waals surface area contributed by atoms with Crippen molar-refractivity contribution in [3.8, 4) is 0 Å². The SMILES string of the molecule is CC(C)C(C)CNC(=O)c1ccc(N2CCCN(C(=O)c3ccc(Cl)cc3F)C2=O)nc1. The molecule has 2 heterocycles. The molecule has 0 spiro atoms. The zero-order valence-electron chi connectivity index (χ0n) is 18.3. The molecule has 0 saturated carbocycles. The van der Waals surface area contributed by atoms with Gasteiger partial charge in [-0.05, 0) is 48.6 Å². The lowest BCUT2D eigenvalue weighted by Crippen LogP contribution is -2.52. The molecule has 7 nitrogen and oxygen atoms in total. The van der Waals surface area contributed by atoms with Crippen LogP contribution in [0.1, 0.15) is 47.9 Å². The first-order valence-corrected chi connectivity index (χ1v) is 10.9. The highest BCUT2D eigenvalue weighted by atomic mass is 35.5. The number of imide groups is 1. The highest BCUT2D eigenvalue weighted by Crippen LogP contribution is 2.22. The lowest BCUT2D eigenvalue weighted by atomic mass is 9.98. The first kappa shape index (κ1) is 23.7. The Balaban J connectivity index is 1.70. The zero-order chi connectivity index (χ0) is 23.4. The van der Waals surface area contributed by atoms with Gasteiger partial charge < -0.3 is 5.32 Å². The second-order valence-corrected chi connectivity index (χ2v) is 8.64. The molecule has 1 saturated heterocycles. The van der Waals surface area contributed by atoms with Gasteiger partial charge in [-0.15, -0.1) is 0 Å². The van der Waals surface area contributed by atoms with Crippen LogP contribution in [0.4, 0.5) is 15.0 Å². The van der Waals surface area contributed by atoms with Crippen LogP contribution in [0.25, 0.3) is 0 Å². The van der Waals surface area contributed by atoms with Crippen LogP contribution in [0.15, 0.2) is 36.5 Å². The number of hydrogen-bond donors (Lipinski definition) is 1. The molecule has 4 amide bonds. The third kappa shape index (κ3) is 5.24. The predicted octanol–water partition coefficient (Wildman–Crippen LogP) is 4.37. The number of carbonyl (C=O) groups excluding carboxylic acids is 3. The van der Waals surface area contributed by atoms with E-state index >= 15 is 0 Å². The molecule has 3 rings (SSSR count). The maximum absolute atomic E-state index is 14.2. The third-order valence-electron chi connectivity index (χ3n) is 5.64. The van der Waals surface area contributed by atoms with Crippen LogP contribution in [0, 0.1) is 17.7 Å². The highest BCUT2D eigenvalue weighted by molar-refractivity contribution is 6.30. The Hall–Kier alpha value is -3.00. The number of nitrogens with one attached hydrogen (secondary N) is 1. The van der Waals surface area contributed by atoms with Gasteiger partial charge in [-0.2, -0.15) is 0 Å². The molecule has 1 aromatic carbocycles. The van der Waals surface area contributed by atoms with Gasteiger partial charge in [0.15, 0.2) is 0 Å². The van der Waals surface area contributed by atoms with Crippen molar-refractivity contribution in [2.24, 2.45) is 11.8 Å². The number of urea groups is 1. The van der Waals surface area contributed by atoms with Gasteiger partial charge in [-0.25, -0.2) is 14.2 Å². The smallest absolute Gasteiger partial charge is 0.332 e. The number of carbonyl (C=O) groups is 3. The van der Waals surface area contributed by atoms with Gasteiger partial charge in [-0.1, -0.05) is 32.4 Å². The topological polar surface area (TPSA) is 82.6 Å². The molecule has 2 aromatic rings. The summed E-state index contributed by atoms with van der Waals surface area (Å²) in [6, 6.07) is 6.26. The molecule has 170 valence electrons. The van der Waals surface area contributed by atoms with Crippen LogP contribution >= 0.6 is 11.6 Å². The van der Waals surface area contributed by atoms with E-state index in [4.69, 9.17) is 11.6 Å². The van der Waals surface area contributed by atoms with Crippen LogP contribution in [0.3, 0.4) is 0 Å². The first-order chi connectivity index (χ1) is 15.2. The summed E-state index contributed by atoms with van der Waals surface area (Å²) in [6.45, 7) is 7.34. The van der Waals surface area contributed by atoms with E-state index in [-0.39, 0.29) is 23.0 Å². The summed E-state index contributed by atoms with van der Waals surface area (Å²) in [5, 5.41) is 3.04. The lowest BCUT2D eigenvalue weighted by Gasteiger charge is -2.33. The van der Waals surface area contributed by atoms with Gasteiger partial charge in [0.2, 0.25) is 0 Å². The molecule has 1 unspecified atom stereocenters. The molecule has 0 bridgehead atoms. The van der Waals surface area contributed by atoms with Crippen LogP contribution in [0.2, 0.25) is 5.02 Å². The summed E-state index contributed by atoms with van der Waals surface area (Å²) in [4.78, 5) is 44.6. The number of nitrogens with zero attached hydrogens (tertiary/aromatic N) is 3. The lowest BCUT2D eigenvalue weighted by molar-refractivity contribution is 0.0788. The summed E-state index contributed by atoms with van der Waals surface area (Å²) >= 11 is 5.75. The Bertz CT molecular complexity index is 1010. The van der Waals surface area contributed by atoms with E-state index in [1.165, 1.54) is 23.2 Å². The fourth-order valence-corrected chi connectivity index (χ4v) is 3.36. The van der Waals surface area contributed by atoms with E-state index in [1.54, 1.807) is 12.1 Å². The van der Waals surface area contributed by atoms with Crippen molar-refractivity contribution in [2.45, 2.75) is 27.2 Å². The number of halogens is 2. The van der Waals surface area contributed by atoms with Crippen molar-refractivity contribution in [1.29, 1.82) is 0 Å². The van der Waals surface area contributed by atoms with E-state index in [0.29, 0.717) is 42.7 Å². The first-order valence-electron chi connectivity index (χ1n) is 10.5. The molecule has 1 aliphatic rings. The van der Waals surface area contributed by atoms with Crippen LogP contribution in [-0.4, -0.2) is 47.4 Å². The Kier molecular flexibility index (Phi) is 7.45. The molecule has 9 heteroatoms. The summed E-state index contributed by atoms with van der Waals surface area (Å²) in [7, 11) is 0. The molecule has 0 radical (unpaired) electrons. The predicted molar refractivity (Wildman–Crippen MR) is 120 cm³/mol. The van der Waals surface area contributed by atoms with Gasteiger partial charge in [0.05, 0.1) is 11.1 Å². The van der Waals surface area contributed by atoms with Gasteiger partial charge in [0, 0.05) is 30.9 Å². The van der Waals surface area contributed by atoms with E-state index in [1.807, 2.05) is 0 Å². The summed E-state index contributed by atoms with van der Waals surface area (Å²) in [5.41, 5.74) is 0.158. The molecule has 0 aliphatic carbocycles. The summed E-state index contributed by atoms with van der Waals surface area (Å²) in [5.74, 6) is -0.649. The van der Waals surface area contributed by atoms with Crippen LogP contribution < -0.4 is 10.2 Å². The Morgan fingerprint density at radius 3 is 2.56 bits per heavy atom. The van der Waals surface area contributed by atoms with Crippen molar-refractivity contribution >= 4 is 35.3 Å². The maximum atomic E-state index is 14.2. The molecule has 1 aliphatic heterocycles. The Morgan fingerprint density at radius 1 is 1.19 bits per heavy atom. The molecule has 1 fully saturated rings. The molecule has 1 atom stereocenters. The maximum Gasteiger partial charge on any atom is 0.332 e. The average Bonchev–Trinajstić information content (AvgIpc) is 2.77. The normalized spacial score (nSPS) is 15.1. The number of pyridine rings is 1. The molecular formula is C23H26ClFN4O3. The average molecular weight is 461 g/mol. The highest BCUT2D eigenvalue weighted by Gasteiger charge is 2.33. The number of hydrogen-bond acceptors (Lipinski definition) is 4. The van der Waals surface area contributed by atoms with Crippen molar-refractivity contribution in [1.82, 2.24) is 15.2 Å². The number of rotatable bonds is 6. The number of amides is 4. The minimum Gasteiger partial charge on any atom is -0.352 e. The Morgan fingerprint density at radius 2 is 1.94 bits per heavy atom. The molecule has 1 N–H and O–H groups in total. The fraction of sp³-hybridized carbons (Fsp3) is 0.391. The fourth-order valence-electron chi connectivity index (χ4n) is 3.20. The number of benzene rings is 1. The van der Waals surface area contributed by atoms with Gasteiger partial charge in [0.1, 0.15) is 11.6 Å². The van der Waals surface area contributed by atoms with E-state index < -0.39 is 17.8 Å². The largest absolute Gasteiger partial charge is 0.352 e. The minimum atomic E-state index is -0.785. The number of anilines is 1. The zero-order valence-corrected chi connectivity index (χ0v) is 19.0. The second kappa shape index (κ2) is 10.1. The van der Waals surface area contributed by atoms with Gasteiger partial charge in [-0.3, -0.25) is 19.4 Å². The van der Waals surface area contributed by atoms with Crippen molar-refractivity contribution < 1.29 is 18.8 Å². The summed E-state index contributed by atoms with van der Waals surface area (Å²) < 4.78 is 14.2. The number of aromatic nitrogens is 1. The summed E-state index contributed by atoms with van der Waals surface area (Å²) in [6.07, 6.45) is 1.90. The van der Waals surface area contributed by atoms with Gasteiger partial charge in [0.25, 0.3) is 11.8 Å². The van der Waals surface area contributed by atoms with Gasteiger partial charge >= 0.3 is 6.03 Å².